The minimum Gasteiger partial charge on any atom is -0.303 e. The molecular weight excluding hydrogens is 338 g/mol. The maximum Gasteiger partial charge on any atom is 0.269 e. The number of carbonyl (C=O) groups excluding carboxylic acids is 1. The summed E-state index contributed by atoms with van der Waals surface area (Å²) in [7, 11) is 0. The van der Waals surface area contributed by atoms with Gasteiger partial charge in [-0.3, -0.25) is 14.9 Å². The van der Waals surface area contributed by atoms with E-state index in [1.807, 2.05) is 30.3 Å². The molecule has 0 saturated heterocycles. The first-order valence-corrected chi connectivity index (χ1v) is 8.76. The van der Waals surface area contributed by atoms with E-state index < -0.39 is 0 Å². The Kier molecular flexibility index (Phi) is 4.10. The first-order valence-electron chi connectivity index (χ1n) is 7.94. The second kappa shape index (κ2) is 6.56. The number of hydrogen-bond acceptors (Lipinski definition) is 6. The van der Waals surface area contributed by atoms with Gasteiger partial charge in [-0.2, -0.15) is 0 Å². The fourth-order valence-electron chi connectivity index (χ4n) is 2.42. The molecule has 0 atom stereocenters. The predicted octanol–water partition coefficient (Wildman–Crippen LogP) is 2.28. The van der Waals surface area contributed by atoms with Crippen LogP contribution in [-0.2, 0) is 11.3 Å². The first-order chi connectivity index (χ1) is 12.2. The van der Waals surface area contributed by atoms with Crippen molar-refractivity contribution in [2.45, 2.75) is 25.3 Å². The highest BCUT2D eigenvalue weighted by molar-refractivity contribution is 7.15. The van der Waals surface area contributed by atoms with E-state index in [4.69, 9.17) is 0 Å². The topological polar surface area (TPSA) is 89.8 Å². The molecule has 2 aromatic heterocycles. The Morgan fingerprint density at radius 2 is 2.04 bits per heavy atom. The van der Waals surface area contributed by atoms with Crippen molar-refractivity contribution < 1.29 is 4.79 Å². The lowest BCUT2D eigenvalue weighted by molar-refractivity contribution is -0.116. The van der Waals surface area contributed by atoms with Gasteiger partial charge in [0.25, 0.3) is 5.56 Å². The maximum atomic E-state index is 12.2. The van der Waals surface area contributed by atoms with E-state index in [9.17, 15) is 9.59 Å². The Morgan fingerprint density at radius 1 is 1.24 bits per heavy atom. The maximum absolute atomic E-state index is 12.2. The van der Waals surface area contributed by atoms with Crippen LogP contribution in [0.3, 0.4) is 0 Å². The van der Waals surface area contributed by atoms with Crippen LogP contribution >= 0.6 is 11.3 Å². The molecule has 1 aliphatic carbocycles. The molecule has 1 amide bonds. The van der Waals surface area contributed by atoms with E-state index in [0.29, 0.717) is 16.7 Å². The Bertz CT molecular complexity index is 962. The number of rotatable bonds is 5. The number of carbonyl (C=O) groups is 1. The number of hydrogen-bond donors (Lipinski definition) is 1. The highest BCUT2D eigenvalue weighted by atomic mass is 32.1. The largest absolute Gasteiger partial charge is 0.303 e. The molecule has 8 heteroatoms. The number of nitrogens with one attached hydrogen (secondary N) is 1. The molecule has 4 rings (SSSR count). The van der Waals surface area contributed by atoms with Gasteiger partial charge in [0, 0.05) is 17.7 Å². The average molecular weight is 353 g/mol. The minimum absolute atomic E-state index is 0.0977. The van der Waals surface area contributed by atoms with Crippen molar-refractivity contribution in [2.75, 3.05) is 5.32 Å². The molecular formula is C17H15N5O2S. The zero-order valence-corrected chi connectivity index (χ0v) is 14.1. The summed E-state index contributed by atoms with van der Waals surface area (Å²) in [4.78, 5) is 28.4. The molecule has 0 spiro atoms. The number of aromatic nitrogens is 4. The van der Waals surface area contributed by atoms with Crippen molar-refractivity contribution in [1.29, 1.82) is 0 Å². The van der Waals surface area contributed by atoms with Gasteiger partial charge in [-0.1, -0.05) is 41.7 Å². The summed E-state index contributed by atoms with van der Waals surface area (Å²) in [6.07, 6.45) is 5.09. The summed E-state index contributed by atoms with van der Waals surface area (Å²) in [6.45, 7) is -0.0977. The molecule has 0 aliphatic heterocycles. The minimum atomic E-state index is -0.328. The number of amides is 1. The fraction of sp³-hybridized carbons (Fsp3) is 0.235. The lowest BCUT2D eigenvalue weighted by atomic mass is 10.2. The second-order valence-corrected chi connectivity index (χ2v) is 6.88. The lowest BCUT2D eigenvalue weighted by Gasteiger charge is -2.07. The van der Waals surface area contributed by atoms with Gasteiger partial charge in [-0.15, -0.1) is 10.2 Å². The fourth-order valence-corrected chi connectivity index (χ4v) is 3.35. The summed E-state index contributed by atoms with van der Waals surface area (Å²) in [5.41, 5.74) is 1.19. The number of benzene rings is 1. The van der Waals surface area contributed by atoms with Crippen LogP contribution in [0.2, 0.25) is 0 Å². The number of anilines is 1. The summed E-state index contributed by atoms with van der Waals surface area (Å²) < 4.78 is 1.34. The third-order valence-corrected chi connectivity index (χ3v) is 4.87. The van der Waals surface area contributed by atoms with Gasteiger partial charge in [-0.25, -0.2) is 4.98 Å². The molecule has 3 aromatic rings. The van der Waals surface area contributed by atoms with Gasteiger partial charge >= 0.3 is 0 Å². The standard InChI is InChI=1S/C17H15N5O2S/c23-14(19-17-21-20-16(25-17)12-6-7-12)10-22-9-13(18-8-15(22)24)11-4-2-1-3-5-11/h1-5,8-9,12H,6-7,10H2,(H,19,21,23). The van der Waals surface area contributed by atoms with E-state index in [1.54, 1.807) is 6.20 Å². The van der Waals surface area contributed by atoms with Crippen LogP contribution < -0.4 is 10.9 Å². The zero-order chi connectivity index (χ0) is 17.2. The highest BCUT2D eigenvalue weighted by Crippen LogP contribution is 2.42. The van der Waals surface area contributed by atoms with Crippen LogP contribution in [0.4, 0.5) is 5.13 Å². The van der Waals surface area contributed by atoms with Crippen LogP contribution in [0.5, 0.6) is 0 Å². The lowest BCUT2D eigenvalue weighted by Crippen LogP contribution is -2.27. The van der Waals surface area contributed by atoms with Crippen LogP contribution in [0.15, 0.2) is 47.5 Å². The SMILES string of the molecule is O=C(Cn1cc(-c2ccccc2)ncc1=O)Nc1nnc(C2CC2)s1. The van der Waals surface area contributed by atoms with E-state index in [-0.39, 0.29) is 18.0 Å². The van der Waals surface area contributed by atoms with E-state index in [1.165, 1.54) is 22.1 Å². The third kappa shape index (κ3) is 3.63. The Morgan fingerprint density at radius 3 is 2.80 bits per heavy atom. The Hall–Kier alpha value is -2.87. The molecule has 1 aliphatic rings. The second-order valence-electron chi connectivity index (χ2n) is 5.87. The summed E-state index contributed by atoms with van der Waals surface area (Å²) >= 11 is 1.39. The molecule has 126 valence electrons. The van der Waals surface area contributed by atoms with Crippen LogP contribution in [-0.4, -0.2) is 25.7 Å². The molecule has 1 fully saturated rings. The van der Waals surface area contributed by atoms with Crippen LogP contribution in [0.1, 0.15) is 23.8 Å². The van der Waals surface area contributed by atoms with Crippen molar-refractivity contribution >= 4 is 22.4 Å². The molecule has 25 heavy (non-hydrogen) atoms. The monoisotopic (exact) mass is 353 g/mol. The molecule has 1 aromatic carbocycles. The number of nitrogens with zero attached hydrogens (tertiary/aromatic N) is 4. The van der Waals surface area contributed by atoms with Crippen LogP contribution in [0, 0.1) is 0 Å². The van der Waals surface area contributed by atoms with Crippen molar-refractivity contribution in [2.24, 2.45) is 0 Å². The van der Waals surface area contributed by atoms with Gasteiger partial charge in [0.1, 0.15) is 11.6 Å². The van der Waals surface area contributed by atoms with Crippen molar-refractivity contribution in [3.05, 3.63) is 58.1 Å². The van der Waals surface area contributed by atoms with Crippen LogP contribution in [0.25, 0.3) is 11.3 Å². The molecule has 0 bridgehead atoms. The van der Waals surface area contributed by atoms with Gasteiger partial charge < -0.3 is 4.57 Å². The summed E-state index contributed by atoms with van der Waals surface area (Å²) in [5.74, 6) is 0.185. The van der Waals surface area contributed by atoms with E-state index in [0.717, 1.165) is 23.4 Å². The average Bonchev–Trinajstić information content (AvgIpc) is 3.37. The first kappa shape index (κ1) is 15.6. The summed E-state index contributed by atoms with van der Waals surface area (Å²) in [5, 5.41) is 12.2. The van der Waals surface area contributed by atoms with Crippen molar-refractivity contribution in [3.63, 3.8) is 0 Å². The van der Waals surface area contributed by atoms with Gasteiger partial charge in [-0.05, 0) is 12.8 Å². The molecule has 2 heterocycles. The Balaban J connectivity index is 1.49. The zero-order valence-electron chi connectivity index (χ0n) is 13.3. The van der Waals surface area contributed by atoms with Gasteiger partial charge in [0.15, 0.2) is 0 Å². The van der Waals surface area contributed by atoms with E-state index in [2.05, 4.69) is 20.5 Å². The normalized spacial score (nSPS) is 13.6. The molecule has 7 nitrogen and oxygen atoms in total. The Labute approximate surface area is 147 Å². The highest BCUT2D eigenvalue weighted by Gasteiger charge is 2.27. The predicted molar refractivity (Wildman–Crippen MR) is 94.4 cm³/mol. The molecule has 0 radical (unpaired) electrons. The smallest absolute Gasteiger partial charge is 0.269 e. The van der Waals surface area contributed by atoms with Crippen molar-refractivity contribution in [1.82, 2.24) is 19.7 Å². The molecule has 1 saturated carbocycles. The molecule has 1 N–H and O–H groups in total. The van der Waals surface area contributed by atoms with E-state index >= 15 is 0 Å². The third-order valence-electron chi connectivity index (χ3n) is 3.87. The van der Waals surface area contributed by atoms with Gasteiger partial charge in [0.05, 0.1) is 11.9 Å². The molecule has 0 unspecified atom stereocenters. The van der Waals surface area contributed by atoms with Gasteiger partial charge in [0.2, 0.25) is 11.0 Å². The summed E-state index contributed by atoms with van der Waals surface area (Å²) in [6, 6.07) is 9.50. The van der Waals surface area contributed by atoms with Crippen molar-refractivity contribution in [3.8, 4) is 11.3 Å². The quantitative estimate of drug-likeness (QED) is 0.760.